The minimum atomic E-state index is -3.23. The average molecular weight is 291 g/mol. The third-order valence-electron chi connectivity index (χ3n) is 2.76. The highest BCUT2D eigenvalue weighted by Crippen LogP contribution is 2.18. The van der Waals surface area contributed by atoms with E-state index in [1.54, 1.807) is 31.2 Å². The van der Waals surface area contributed by atoms with Gasteiger partial charge in [0.1, 0.15) is 12.4 Å². The van der Waals surface area contributed by atoms with Crippen molar-refractivity contribution >= 4 is 15.7 Å². The van der Waals surface area contributed by atoms with Crippen molar-refractivity contribution in [1.29, 1.82) is 0 Å². The Bertz CT molecular complexity index is 637. The molecule has 0 aromatic heterocycles. The van der Waals surface area contributed by atoms with E-state index >= 15 is 0 Å². The quantitative estimate of drug-likeness (QED) is 0.890. The molecule has 20 heavy (non-hydrogen) atoms. The summed E-state index contributed by atoms with van der Waals surface area (Å²) >= 11 is 0. The Hall–Kier alpha value is -2.01. The van der Waals surface area contributed by atoms with Gasteiger partial charge in [0.2, 0.25) is 10.0 Å². The number of ether oxygens (including phenoxy) is 1. The molecule has 0 amide bonds. The van der Waals surface area contributed by atoms with Crippen molar-refractivity contribution in [3.63, 3.8) is 0 Å². The highest BCUT2D eigenvalue weighted by atomic mass is 32.2. The first-order valence-corrected chi connectivity index (χ1v) is 8.01. The van der Waals surface area contributed by atoms with Gasteiger partial charge < -0.3 is 4.74 Å². The normalized spacial score (nSPS) is 11.1. The van der Waals surface area contributed by atoms with E-state index in [2.05, 4.69) is 4.72 Å². The van der Waals surface area contributed by atoms with Gasteiger partial charge in [-0.15, -0.1) is 0 Å². The van der Waals surface area contributed by atoms with Crippen molar-refractivity contribution in [3.8, 4) is 5.75 Å². The number of sulfonamides is 1. The van der Waals surface area contributed by atoms with Crippen LogP contribution in [0, 0.1) is 0 Å². The number of nitrogens with one attached hydrogen (secondary N) is 1. The van der Waals surface area contributed by atoms with Crippen LogP contribution in [0.5, 0.6) is 5.75 Å². The van der Waals surface area contributed by atoms with Gasteiger partial charge in [0, 0.05) is 5.69 Å². The second-order valence-corrected chi connectivity index (χ2v) is 6.32. The lowest BCUT2D eigenvalue weighted by Crippen LogP contribution is -2.14. The van der Waals surface area contributed by atoms with Crippen LogP contribution in [0.2, 0.25) is 0 Å². The van der Waals surface area contributed by atoms with Crippen molar-refractivity contribution in [3.05, 3.63) is 60.2 Å². The summed E-state index contributed by atoms with van der Waals surface area (Å²) in [6.45, 7) is 2.08. The summed E-state index contributed by atoms with van der Waals surface area (Å²) in [5.74, 6) is 0.757. The molecule has 4 nitrogen and oxygen atoms in total. The third-order valence-corrected chi connectivity index (χ3v) is 4.06. The molecule has 2 rings (SSSR count). The van der Waals surface area contributed by atoms with E-state index in [1.807, 2.05) is 30.3 Å². The topological polar surface area (TPSA) is 55.4 Å². The highest BCUT2D eigenvalue weighted by molar-refractivity contribution is 7.92. The molecule has 0 spiro atoms. The summed E-state index contributed by atoms with van der Waals surface area (Å²) in [4.78, 5) is 0. The largest absolute Gasteiger partial charge is 0.489 e. The summed E-state index contributed by atoms with van der Waals surface area (Å²) in [6, 6.07) is 16.7. The van der Waals surface area contributed by atoms with Crippen LogP contribution >= 0.6 is 0 Å². The fraction of sp³-hybridized carbons (Fsp3) is 0.200. The zero-order valence-corrected chi connectivity index (χ0v) is 12.1. The van der Waals surface area contributed by atoms with Crippen LogP contribution < -0.4 is 9.46 Å². The van der Waals surface area contributed by atoms with E-state index in [9.17, 15) is 8.42 Å². The standard InChI is InChI=1S/C15H17NO3S/c1-2-20(17,18)16-14-8-10-15(11-9-14)19-12-13-6-4-3-5-7-13/h3-11,16H,2,12H2,1H3. The summed E-state index contributed by atoms with van der Waals surface area (Å²) in [5, 5.41) is 0. The Balaban J connectivity index is 1.95. The molecule has 5 heteroatoms. The lowest BCUT2D eigenvalue weighted by molar-refractivity contribution is 0.306. The van der Waals surface area contributed by atoms with Crippen molar-refractivity contribution in [2.75, 3.05) is 10.5 Å². The van der Waals surface area contributed by atoms with Gasteiger partial charge in [-0.3, -0.25) is 4.72 Å². The molecule has 0 unspecified atom stereocenters. The summed E-state index contributed by atoms with van der Waals surface area (Å²) < 4.78 is 31.0. The zero-order chi connectivity index (χ0) is 14.4. The molecule has 0 bridgehead atoms. The highest BCUT2D eigenvalue weighted by Gasteiger charge is 2.06. The second kappa shape index (κ2) is 6.43. The number of anilines is 1. The molecule has 0 radical (unpaired) electrons. The number of benzene rings is 2. The summed E-state index contributed by atoms with van der Waals surface area (Å²) in [5.41, 5.74) is 1.63. The molecule has 2 aromatic rings. The van der Waals surface area contributed by atoms with Gasteiger partial charge in [0.15, 0.2) is 0 Å². The predicted octanol–water partition coefficient (Wildman–Crippen LogP) is 3.03. The molecule has 1 N–H and O–H groups in total. The number of hydrogen-bond acceptors (Lipinski definition) is 3. The van der Waals surface area contributed by atoms with Crippen LogP contribution in [0.4, 0.5) is 5.69 Å². The average Bonchev–Trinajstić information content (AvgIpc) is 2.47. The first-order valence-electron chi connectivity index (χ1n) is 6.36. The molecule has 2 aromatic carbocycles. The van der Waals surface area contributed by atoms with Crippen LogP contribution in [-0.4, -0.2) is 14.2 Å². The Kier molecular flexibility index (Phi) is 4.63. The van der Waals surface area contributed by atoms with E-state index in [0.717, 1.165) is 5.56 Å². The zero-order valence-electron chi connectivity index (χ0n) is 11.2. The van der Waals surface area contributed by atoms with E-state index in [0.29, 0.717) is 18.0 Å². The van der Waals surface area contributed by atoms with Crippen LogP contribution in [0.1, 0.15) is 12.5 Å². The minimum absolute atomic E-state index is 0.0548. The van der Waals surface area contributed by atoms with Gasteiger partial charge in [0.05, 0.1) is 5.75 Å². The molecule has 0 aliphatic carbocycles. The maximum Gasteiger partial charge on any atom is 0.232 e. The fourth-order valence-electron chi connectivity index (χ4n) is 1.61. The second-order valence-electron chi connectivity index (χ2n) is 4.30. The minimum Gasteiger partial charge on any atom is -0.489 e. The monoisotopic (exact) mass is 291 g/mol. The van der Waals surface area contributed by atoms with Gasteiger partial charge in [-0.05, 0) is 36.8 Å². The van der Waals surface area contributed by atoms with Gasteiger partial charge in [-0.25, -0.2) is 8.42 Å². The Morgan fingerprint density at radius 1 is 1.00 bits per heavy atom. The van der Waals surface area contributed by atoms with Crippen LogP contribution in [-0.2, 0) is 16.6 Å². The molecular formula is C15H17NO3S. The molecule has 0 heterocycles. The fourth-order valence-corrected chi connectivity index (χ4v) is 2.25. The van der Waals surface area contributed by atoms with Crippen molar-refractivity contribution in [1.82, 2.24) is 0 Å². The maximum absolute atomic E-state index is 11.4. The number of rotatable bonds is 6. The third kappa shape index (κ3) is 4.28. The van der Waals surface area contributed by atoms with E-state index in [-0.39, 0.29) is 5.75 Å². The van der Waals surface area contributed by atoms with E-state index < -0.39 is 10.0 Å². The molecule has 0 saturated carbocycles. The Morgan fingerprint density at radius 3 is 2.25 bits per heavy atom. The molecule has 0 aliphatic rings. The number of hydrogen-bond donors (Lipinski definition) is 1. The molecule has 106 valence electrons. The van der Waals surface area contributed by atoms with Gasteiger partial charge in [-0.2, -0.15) is 0 Å². The van der Waals surface area contributed by atoms with Crippen molar-refractivity contribution in [2.24, 2.45) is 0 Å². The van der Waals surface area contributed by atoms with Gasteiger partial charge in [-0.1, -0.05) is 30.3 Å². The first kappa shape index (κ1) is 14.4. The van der Waals surface area contributed by atoms with E-state index in [4.69, 9.17) is 4.74 Å². The van der Waals surface area contributed by atoms with Crippen LogP contribution in [0.3, 0.4) is 0 Å². The van der Waals surface area contributed by atoms with Crippen molar-refractivity contribution < 1.29 is 13.2 Å². The first-order chi connectivity index (χ1) is 9.59. The van der Waals surface area contributed by atoms with Crippen LogP contribution in [0.25, 0.3) is 0 Å². The molecular weight excluding hydrogens is 274 g/mol. The smallest absolute Gasteiger partial charge is 0.232 e. The van der Waals surface area contributed by atoms with Gasteiger partial charge >= 0.3 is 0 Å². The Labute approximate surface area is 119 Å². The summed E-state index contributed by atoms with van der Waals surface area (Å²) in [7, 11) is -3.23. The predicted molar refractivity (Wildman–Crippen MR) is 80.3 cm³/mol. The molecule has 0 aliphatic heterocycles. The summed E-state index contributed by atoms with van der Waals surface area (Å²) in [6.07, 6.45) is 0. The lowest BCUT2D eigenvalue weighted by Gasteiger charge is -2.08. The van der Waals surface area contributed by atoms with Crippen LogP contribution in [0.15, 0.2) is 54.6 Å². The van der Waals surface area contributed by atoms with Gasteiger partial charge in [0.25, 0.3) is 0 Å². The lowest BCUT2D eigenvalue weighted by atomic mass is 10.2. The maximum atomic E-state index is 11.4. The van der Waals surface area contributed by atoms with Crippen molar-refractivity contribution in [2.45, 2.75) is 13.5 Å². The molecule has 0 atom stereocenters. The SMILES string of the molecule is CCS(=O)(=O)Nc1ccc(OCc2ccccc2)cc1. The Morgan fingerprint density at radius 2 is 1.65 bits per heavy atom. The molecule has 0 saturated heterocycles. The molecule has 0 fully saturated rings. The van der Waals surface area contributed by atoms with E-state index in [1.165, 1.54) is 0 Å².